The highest BCUT2D eigenvalue weighted by atomic mass is 79.9. The van der Waals surface area contributed by atoms with E-state index in [1.54, 1.807) is 0 Å². The molecule has 0 aliphatic carbocycles. The van der Waals surface area contributed by atoms with Crippen LogP contribution in [-0.4, -0.2) is 18.4 Å². The van der Waals surface area contributed by atoms with Crippen molar-refractivity contribution in [3.05, 3.63) is 63.6 Å². The third-order valence-corrected chi connectivity index (χ3v) is 4.07. The molecule has 0 fully saturated rings. The molecule has 0 bridgehead atoms. The molecule has 0 aliphatic heterocycles. The number of rotatable bonds is 5. The lowest BCUT2D eigenvalue weighted by molar-refractivity contribution is -0.123. The standard InChI is InChI=1S/C18H19BrN2O2/c1-12-5-3-8-16(13(12)2)21-18(23)11-20-17(22)10-14-6-4-7-15(19)9-14/h3-9H,10-11H2,1-2H3,(H,20,22)(H,21,23). The second kappa shape index (κ2) is 7.92. The zero-order chi connectivity index (χ0) is 16.8. The van der Waals surface area contributed by atoms with Crippen molar-refractivity contribution >= 4 is 33.4 Å². The minimum absolute atomic E-state index is 0.0414. The van der Waals surface area contributed by atoms with E-state index in [1.807, 2.05) is 56.3 Å². The SMILES string of the molecule is Cc1cccc(NC(=O)CNC(=O)Cc2cccc(Br)c2)c1C. The number of nitrogens with one attached hydrogen (secondary N) is 2. The van der Waals surface area contributed by atoms with Crippen LogP contribution in [0.3, 0.4) is 0 Å². The number of hydrogen-bond donors (Lipinski definition) is 2. The van der Waals surface area contributed by atoms with Gasteiger partial charge >= 0.3 is 0 Å². The smallest absolute Gasteiger partial charge is 0.243 e. The Morgan fingerprint density at radius 2 is 1.78 bits per heavy atom. The van der Waals surface area contributed by atoms with Crippen LogP contribution in [0.2, 0.25) is 0 Å². The number of aryl methyl sites for hydroxylation is 1. The maximum absolute atomic E-state index is 12.0. The Hall–Kier alpha value is -2.14. The Kier molecular flexibility index (Phi) is 5.93. The normalized spacial score (nSPS) is 10.2. The van der Waals surface area contributed by atoms with E-state index in [1.165, 1.54) is 0 Å². The van der Waals surface area contributed by atoms with Gasteiger partial charge in [0.05, 0.1) is 13.0 Å². The van der Waals surface area contributed by atoms with Crippen molar-refractivity contribution in [2.75, 3.05) is 11.9 Å². The van der Waals surface area contributed by atoms with Crippen LogP contribution in [0.15, 0.2) is 46.9 Å². The van der Waals surface area contributed by atoms with E-state index in [0.717, 1.165) is 26.9 Å². The van der Waals surface area contributed by atoms with Crippen LogP contribution in [0.4, 0.5) is 5.69 Å². The molecule has 4 nitrogen and oxygen atoms in total. The second-order valence-corrected chi connectivity index (χ2v) is 6.29. The number of carbonyl (C=O) groups is 2. The number of halogens is 1. The first-order valence-electron chi connectivity index (χ1n) is 7.33. The minimum atomic E-state index is -0.235. The maximum Gasteiger partial charge on any atom is 0.243 e. The molecule has 0 radical (unpaired) electrons. The number of benzene rings is 2. The summed E-state index contributed by atoms with van der Waals surface area (Å²) in [6, 6.07) is 13.3. The van der Waals surface area contributed by atoms with Gasteiger partial charge in [-0.2, -0.15) is 0 Å². The Morgan fingerprint density at radius 1 is 1.04 bits per heavy atom. The number of hydrogen-bond acceptors (Lipinski definition) is 2. The molecule has 0 heterocycles. The summed E-state index contributed by atoms with van der Waals surface area (Å²) in [6.07, 6.45) is 0.246. The highest BCUT2D eigenvalue weighted by Gasteiger charge is 2.09. The first-order chi connectivity index (χ1) is 11.0. The van der Waals surface area contributed by atoms with E-state index >= 15 is 0 Å². The highest BCUT2D eigenvalue weighted by molar-refractivity contribution is 9.10. The quantitative estimate of drug-likeness (QED) is 0.842. The van der Waals surface area contributed by atoms with Gasteiger partial charge in [0.1, 0.15) is 0 Å². The predicted molar refractivity (Wildman–Crippen MR) is 95.4 cm³/mol. The third-order valence-electron chi connectivity index (χ3n) is 3.58. The van der Waals surface area contributed by atoms with Crippen molar-refractivity contribution in [2.45, 2.75) is 20.3 Å². The van der Waals surface area contributed by atoms with Crippen LogP contribution in [0.5, 0.6) is 0 Å². The van der Waals surface area contributed by atoms with Gasteiger partial charge in [-0.15, -0.1) is 0 Å². The number of carbonyl (C=O) groups excluding carboxylic acids is 2. The van der Waals surface area contributed by atoms with E-state index in [2.05, 4.69) is 26.6 Å². The summed E-state index contributed by atoms with van der Waals surface area (Å²) in [7, 11) is 0. The number of anilines is 1. The molecule has 0 unspecified atom stereocenters. The molecule has 2 aromatic carbocycles. The lowest BCUT2D eigenvalue weighted by atomic mass is 10.1. The summed E-state index contributed by atoms with van der Waals surface area (Å²) in [6.45, 7) is 3.90. The van der Waals surface area contributed by atoms with E-state index < -0.39 is 0 Å². The molecule has 2 rings (SSSR count). The molecule has 0 spiro atoms. The van der Waals surface area contributed by atoms with Crippen molar-refractivity contribution < 1.29 is 9.59 Å². The molecule has 23 heavy (non-hydrogen) atoms. The summed E-state index contributed by atoms with van der Waals surface area (Å²) in [5.74, 6) is -0.416. The van der Waals surface area contributed by atoms with E-state index in [-0.39, 0.29) is 24.8 Å². The van der Waals surface area contributed by atoms with Gasteiger partial charge in [0.2, 0.25) is 11.8 Å². The van der Waals surface area contributed by atoms with Crippen molar-refractivity contribution in [3.63, 3.8) is 0 Å². The molecule has 2 N–H and O–H groups in total. The average molecular weight is 375 g/mol. The van der Waals surface area contributed by atoms with E-state index in [0.29, 0.717) is 0 Å². The van der Waals surface area contributed by atoms with Gasteiger partial charge in [-0.25, -0.2) is 0 Å². The highest BCUT2D eigenvalue weighted by Crippen LogP contribution is 2.17. The van der Waals surface area contributed by atoms with Crippen molar-refractivity contribution in [1.29, 1.82) is 0 Å². The molecule has 2 aromatic rings. The molecule has 0 atom stereocenters. The van der Waals surface area contributed by atoms with Gasteiger partial charge < -0.3 is 10.6 Å². The molecular formula is C18H19BrN2O2. The molecule has 0 aromatic heterocycles. The van der Waals surface area contributed by atoms with Crippen molar-refractivity contribution in [2.24, 2.45) is 0 Å². The Morgan fingerprint density at radius 3 is 2.52 bits per heavy atom. The monoisotopic (exact) mass is 374 g/mol. The lowest BCUT2D eigenvalue weighted by Gasteiger charge is -2.11. The van der Waals surface area contributed by atoms with E-state index in [4.69, 9.17) is 0 Å². The fourth-order valence-corrected chi connectivity index (χ4v) is 2.60. The fraction of sp³-hybridized carbons (Fsp3) is 0.222. The van der Waals surface area contributed by atoms with Crippen LogP contribution in [0.1, 0.15) is 16.7 Å². The average Bonchev–Trinajstić information content (AvgIpc) is 2.50. The second-order valence-electron chi connectivity index (χ2n) is 5.38. The minimum Gasteiger partial charge on any atom is -0.347 e. The zero-order valence-corrected chi connectivity index (χ0v) is 14.7. The van der Waals surface area contributed by atoms with Gasteiger partial charge in [0, 0.05) is 10.2 Å². The lowest BCUT2D eigenvalue weighted by Crippen LogP contribution is -2.33. The Bertz CT molecular complexity index is 729. The molecule has 0 saturated carbocycles. The van der Waals surface area contributed by atoms with Crippen LogP contribution >= 0.6 is 15.9 Å². The molecule has 0 saturated heterocycles. The summed E-state index contributed by atoms with van der Waals surface area (Å²) < 4.78 is 0.926. The summed E-state index contributed by atoms with van der Waals surface area (Å²) in [4.78, 5) is 23.8. The van der Waals surface area contributed by atoms with Gasteiger partial charge in [-0.1, -0.05) is 40.2 Å². The third kappa shape index (κ3) is 5.21. The van der Waals surface area contributed by atoms with Crippen LogP contribution in [0, 0.1) is 13.8 Å². The van der Waals surface area contributed by atoms with E-state index in [9.17, 15) is 9.59 Å². The van der Waals surface area contributed by atoms with Crippen molar-refractivity contribution in [1.82, 2.24) is 5.32 Å². The first kappa shape index (κ1) is 17.2. The summed E-state index contributed by atoms with van der Waals surface area (Å²) in [5.41, 5.74) is 3.81. The first-order valence-corrected chi connectivity index (χ1v) is 8.12. The van der Waals surface area contributed by atoms with Crippen LogP contribution in [-0.2, 0) is 16.0 Å². The zero-order valence-electron chi connectivity index (χ0n) is 13.2. The summed E-state index contributed by atoms with van der Waals surface area (Å²) in [5, 5.41) is 5.46. The van der Waals surface area contributed by atoms with Gasteiger partial charge in [0.15, 0.2) is 0 Å². The molecule has 120 valence electrons. The van der Waals surface area contributed by atoms with Gasteiger partial charge in [-0.05, 0) is 48.7 Å². The van der Waals surface area contributed by atoms with Crippen LogP contribution in [0.25, 0.3) is 0 Å². The Balaban J connectivity index is 1.84. The molecule has 5 heteroatoms. The molecule has 0 aliphatic rings. The van der Waals surface area contributed by atoms with Gasteiger partial charge in [0.25, 0.3) is 0 Å². The Labute approximate surface area is 144 Å². The number of amides is 2. The summed E-state index contributed by atoms with van der Waals surface area (Å²) >= 11 is 3.37. The predicted octanol–water partition coefficient (Wildman–Crippen LogP) is 3.36. The maximum atomic E-state index is 12.0. The largest absolute Gasteiger partial charge is 0.347 e. The van der Waals surface area contributed by atoms with Crippen molar-refractivity contribution in [3.8, 4) is 0 Å². The fourth-order valence-electron chi connectivity index (χ4n) is 2.15. The topological polar surface area (TPSA) is 58.2 Å². The van der Waals surface area contributed by atoms with Crippen LogP contribution < -0.4 is 10.6 Å². The van der Waals surface area contributed by atoms with Gasteiger partial charge in [-0.3, -0.25) is 9.59 Å². The molecule has 2 amide bonds. The molecular weight excluding hydrogens is 356 g/mol.